The van der Waals surface area contributed by atoms with E-state index < -0.39 is 9.84 Å². The molecule has 0 atom stereocenters. The average Bonchev–Trinajstić information content (AvgIpc) is 3.01. The van der Waals surface area contributed by atoms with Gasteiger partial charge in [-0.15, -0.1) is 0 Å². The van der Waals surface area contributed by atoms with Crippen LogP contribution in [0.25, 0.3) is 11.0 Å². The smallest absolute Gasteiger partial charge is 0.264 e. The van der Waals surface area contributed by atoms with E-state index in [9.17, 15) is 13.2 Å². The molecule has 0 saturated heterocycles. The summed E-state index contributed by atoms with van der Waals surface area (Å²) in [5, 5.41) is 6.85. The summed E-state index contributed by atoms with van der Waals surface area (Å²) in [6.45, 7) is 1.70. The van der Waals surface area contributed by atoms with Gasteiger partial charge >= 0.3 is 0 Å². The number of aromatic amines is 1. The Hall–Kier alpha value is -3.04. The molecule has 1 aromatic carbocycles. The second kappa shape index (κ2) is 7.68. The number of sulfone groups is 1. The van der Waals surface area contributed by atoms with E-state index in [0.717, 1.165) is 0 Å². The lowest BCUT2D eigenvalue weighted by Crippen LogP contribution is -2.32. The Bertz CT molecular complexity index is 1180. The van der Waals surface area contributed by atoms with Crippen LogP contribution in [0.2, 0.25) is 5.02 Å². The summed E-state index contributed by atoms with van der Waals surface area (Å²) < 4.78 is 30.6. The van der Waals surface area contributed by atoms with Crippen LogP contribution in [0, 0.1) is 6.92 Å². The number of H-pyrrole nitrogens is 1. The third-order valence-electron chi connectivity index (χ3n) is 3.59. The van der Waals surface area contributed by atoms with Crippen molar-refractivity contribution in [3.8, 4) is 0 Å². The monoisotopic (exact) mass is 406 g/mol. The fourth-order valence-electron chi connectivity index (χ4n) is 2.33. The van der Waals surface area contributed by atoms with Crippen LogP contribution in [-0.4, -0.2) is 18.6 Å². The molecule has 0 saturated carbocycles. The number of hydrazine groups is 1. The van der Waals surface area contributed by atoms with E-state index in [-0.39, 0.29) is 15.7 Å². The molecule has 1 aliphatic heterocycles. The number of fused-ring (bicyclic) bond motifs is 1. The lowest BCUT2D eigenvalue weighted by molar-refractivity contribution is 0.478. The third kappa shape index (κ3) is 4.04. The number of allylic oxidation sites excluding steroid dienone is 2. The largest absolute Gasteiger partial charge is 0.444 e. The zero-order chi connectivity index (χ0) is 19.4. The van der Waals surface area contributed by atoms with Crippen molar-refractivity contribution in [2.75, 3.05) is 0 Å². The van der Waals surface area contributed by atoms with Gasteiger partial charge in [-0.05, 0) is 43.3 Å². The SMILES string of the molecule is Cc1c(S(=O)(=O)C2=CC=CNN2)oc2ccc(Cl)cc12.O=c1cccn[nH]1. The molecule has 3 aromatic rings. The van der Waals surface area contributed by atoms with Crippen molar-refractivity contribution in [3.63, 3.8) is 0 Å². The molecule has 10 heteroatoms. The van der Waals surface area contributed by atoms with Gasteiger partial charge in [0.1, 0.15) is 5.58 Å². The molecule has 27 heavy (non-hydrogen) atoms. The van der Waals surface area contributed by atoms with Crippen molar-refractivity contribution >= 4 is 32.4 Å². The van der Waals surface area contributed by atoms with Crippen LogP contribution in [0.1, 0.15) is 5.56 Å². The van der Waals surface area contributed by atoms with Gasteiger partial charge in [0.15, 0.2) is 5.03 Å². The highest BCUT2D eigenvalue weighted by atomic mass is 35.5. The Kier molecular flexibility index (Phi) is 5.33. The van der Waals surface area contributed by atoms with Crippen molar-refractivity contribution < 1.29 is 12.8 Å². The first-order chi connectivity index (χ1) is 12.9. The Morgan fingerprint density at radius 1 is 1.22 bits per heavy atom. The summed E-state index contributed by atoms with van der Waals surface area (Å²) in [5.41, 5.74) is 6.09. The lowest BCUT2D eigenvalue weighted by Gasteiger charge is -2.12. The number of nitrogens with one attached hydrogen (secondary N) is 3. The number of aryl methyl sites for hydroxylation is 1. The first-order valence-electron chi connectivity index (χ1n) is 7.71. The number of benzene rings is 1. The molecule has 4 rings (SSSR count). The molecule has 2 aromatic heterocycles. The van der Waals surface area contributed by atoms with Crippen LogP contribution in [0.3, 0.4) is 0 Å². The highest BCUT2D eigenvalue weighted by molar-refractivity contribution is 7.95. The average molecular weight is 407 g/mol. The number of hydrogen-bond acceptors (Lipinski definition) is 7. The normalized spacial score (nSPS) is 13.2. The van der Waals surface area contributed by atoms with Crippen molar-refractivity contribution in [1.29, 1.82) is 0 Å². The number of furan rings is 1. The molecule has 3 heterocycles. The van der Waals surface area contributed by atoms with E-state index in [1.54, 1.807) is 43.5 Å². The summed E-state index contributed by atoms with van der Waals surface area (Å²) in [7, 11) is -3.74. The molecular formula is C17H15ClN4O4S. The molecule has 0 spiro atoms. The predicted octanol–water partition coefficient (Wildman–Crippen LogP) is 2.40. The van der Waals surface area contributed by atoms with Gasteiger partial charge in [-0.25, -0.2) is 13.5 Å². The summed E-state index contributed by atoms with van der Waals surface area (Å²) in [4.78, 5) is 10.2. The summed E-state index contributed by atoms with van der Waals surface area (Å²) in [6, 6.07) is 8.00. The Labute approximate surface area is 159 Å². The van der Waals surface area contributed by atoms with E-state index in [2.05, 4.69) is 21.0 Å². The number of nitrogens with zero attached hydrogens (tertiary/aromatic N) is 1. The summed E-state index contributed by atoms with van der Waals surface area (Å²) in [6.07, 6.45) is 6.16. The summed E-state index contributed by atoms with van der Waals surface area (Å²) >= 11 is 5.93. The minimum Gasteiger partial charge on any atom is -0.444 e. The van der Waals surface area contributed by atoms with Gasteiger partial charge in [0.05, 0.1) is 0 Å². The van der Waals surface area contributed by atoms with E-state index in [1.165, 1.54) is 18.3 Å². The quantitative estimate of drug-likeness (QED) is 0.598. The standard InChI is InChI=1S/C13H11ClN2O3S.C4H4N2O/c1-8-10-7-9(14)4-5-11(10)19-13(8)20(17,18)12-3-2-6-15-16-12;7-4-2-1-3-5-6-4/h2-7,15-16H,1H3;1-3H,(H,6,7). The van der Waals surface area contributed by atoms with Crippen molar-refractivity contribution in [1.82, 2.24) is 21.0 Å². The van der Waals surface area contributed by atoms with Gasteiger partial charge in [-0.1, -0.05) is 11.6 Å². The number of hydrogen-bond donors (Lipinski definition) is 3. The molecule has 8 nitrogen and oxygen atoms in total. The van der Waals surface area contributed by atoms with Gasteiger partial charge in [0, 0.05) is 34.4 Å². The maximum absolute atomic E-state index is 12.5. The van der Waals surface area contributed by atoms with Crippen LogP contribution in [-0.2, 0) is 9.84 Å². The predicted molar refractivity (Wildman–Crippen MR) is 101 cm³/mol. The highest BCUT2D eigenvalue weighted by Gasteiger charge is 2.28. The molecule has 1 aliphatic rings. The van der Waals surface area contributed by atoms with Crippen molar-refractivity contribution in [2.24, 2.45) is 0 Å². The minimum absolute atomic E-state index is 0.0354. The third-order valence-corrected chi connectivity index (χ3v) is 5.52. The van der Waals surface area contributed by atoms with Gasteiger partial charge in [0.25, 0.3) is 15.4 Å². The second-order valence-corrected chi connectivity index (χ2v) is 7.69. The summed E-state index contributed by atoms with van der Waals surface area (Å²) in [5.74, 6) is 0. The second-order valence-electron chi connectivity index (χ2n) is 5.43. The van der Waals surface area contributed by atoms with E-state index in [4.69, 9.17) is 16.0 Å². The first-order valence-corrected chi connectivity index (χ1v) is 9.57. The highest BCUT2D eigenvalue weighted by Crippen LogP contribution is 2.32. The van der Waals surface area contributed by atoms with Gasteiger partial charge in [-0.2, -0.15) is 5.10 Å². The maximum Gasteiger partial charge on any atom is 0.264 e. The molecule has 0 fully saturated rings. The fourth-order valence-corrected chi connectivity index (χ4v) is 3.87. The molecule has 0 amide bonds. The van der Waals surface area contributed by atoms with Crippen LogP contribution in [0.4, 0.5) is 0 Å². The maximum atomic E-state index is 12.5. The molecule has 140 valence electrons. The first kappa shape index (κ1) is 18.7. The molecular weight excluding hydrogens is 392 g/mol. The van der Waals surface area contributed by atoms with Crippen LogP contribution < -0.4 is 16.4 Å². The van der Waals surface area contributed by atoms with E-state index >= 15 is 0 Å². The lowest BCUT2D eigenvalue weighted by atomic mass is 10.2. The van der Waals surface area contributed by atoms with Gasteiger partial charge in [-0.3, -0.25) is 10.2 Å². The van der Waals surface area contributed by atoms with E-state index in [0.29, 0.717) is 21.6 Å². The molecule has 3 N–H and O–H groups in total. The Morgan fingerprint density at radius 2 is 2.04 bits per heavy atom. The zero-order valence-electron chi connectivity index (χ0n) is 14.1. The van der Waals surface area contributed by atoms with Crippen LogP contribution >= 0.6 is 11.6 Å². The molecule has 0 unspecified atom stereocenters. The molecule has 0 aliphatic carbocycles. The number of halogens is 1. The van der Waals surface area contributed by atoms with E-state index in [1.807, 2.05) is 0 Å². The molecule has 0 radical (unpaired) electrons. The minimum atomic E-state index is -3.74. The molecule has 0 bridgehead atoms. The van der Waals surface area contributed by atoms with Gasteiger partial charge in [0.2, 0.25) is 5.09 Å². The topological polar surface area (TPSA) is 117 Å². The zero-order valence-corrected chi connectivity index (χ0v) is 15.6. The number of rotatable bonds is 2. The van der Waals surface area contributed by atoms with Crippen LogP contribution in [0.15, 0.2) is 74.2 Å². The van der Waals surface area contributed by atoms with Crippen molar-refractivity contribution in [2.45, 2.75) is 12.0 Å². The Balaban J connectivity index is 0.000000253. The van der Waals surface area contributed by atoms with Gasteiger partial charge < -0.3 is 9.84 Å². The number of aromatic nitrogens is 2. The van der Waals surface area contributed by atoms with Crippen LogP contribution in [0.5, 0.6) is 0 Å². The Morgan fingerprint density at radius 3 is 2.63 bits per heavy atom. The van der Waals surface area contributed by atoms with Crippen molar-refractivity contribution in [3.05, 3.63) is 80.8 Å². The fraction of sp³-hybridized carbons (Fsp3) is 0.0588.